The lowest BCUT2D eigenvalue weighted by Crippen LogP contribution is -2.34. The first kappa shape index (κ1) is 12.9. The van der Waals surface area contributed by atoms with Gasteiger partial charge >= 0.3 is 0 Å². The summed E-state index contributed by atoms with van der Waals surface area (Å²) in [5.41, 5.74) is 0. The minimum Gasteiger partial charge on any atom is -0.367 e. The molecule has 1 unspecified atom stereocenters. The van der Waals surface area contributed by atoms with Gasteiger partial charge in [0.1, 0.15) is 5.82 Å². The van der Waals surface area contributed by atoms with E-state index in [9.17, 15) is 0 Å². The number of likely N-dealkylation sites (tertiary alicyclic amines) is 1. The number of likely N-dealkylation sites (N-methyl/N-ethyl adjacent to an activating group) is 1. The van der Waals surface area contributed by atoms with Crippen molar-refractivity contribution in [3.05, 3.63) is 22.3 Å². The largest absolute Gasteiger partial charge is 0.367 e. The molecule has 94 valence electrons. The first-order valence-electron chi connectivity index (χ1n) is 5.99. The second-order valence-corrected chi connectivity index (χ2v) is 5.13. The van der Waals surface area contributed by atoms with E-state index in [4.69, 9.17) is 23.2 Å². The third kappa shape index (κ3) is 3.24. The molecule has 0 amide bonds. The molecule has 1 N–H and O–H groups in total. The van der Waals surface area contributed by atoms with Gasteiger partial charge in [0.2, 0.25) is 0 Å². The Morgan fingerprint density at radius 2 is 2.35 bits per heavy atom. The molecule has 1 saturated heterocycles. The summed E-state index contributed by atoms with van der Waals surface area (Å²) in [7, 11) is 0. The highest BCUT2D eigenvalue weighted by atomic mass is 35.5. The Labute approximate surface area is 112 Å². The van der Waals surface area contributed by atoms with Gasteiger partial charge in [-0.05, 0) is 32.0 Å². The Kier molecular flexibility index (Phi) is 4.48. The molecule has 2 rings (SSSR count). The van der Waals surface area contributed by atoms with E-state index < -0.39 is 0 Å². The minimum atomic E-state index is 0.566. The van der Waals surface area contributed by atoms with E-state index >= 15 is 0 Å². The van der Waals surface area contributed by atoms with Crippen molar-refractivity contribution in [3.63, 3.8) is 0 Å². The molecule has 5 heteroatoms. The van der Waals surface area contributed by atoms with Crippen molar-refractivity contribution < 1.29 is 0 Å². The molecule has 0 aromatic carbocycles. The SMILES string of the molecule is CCN1CCCC1CNc1ncc(Cl)cc1Cl. The molecular formula is C12H17Cl2N3. The monoisotopic (exact) mass is 273 g/mol. The number of anilines is 1. The average Bonchev–Trinajstić information content (AvgIpc) is 2.75. The van der Waals surface area contributed by atoms with Crippen LogP contribution in [0.15, 0.2) is 12.3 Å². The van der Waals surface area contributed by atoms with Crippen molar-refractivity contribution in [1.82, 2.24) is 9.88 Å². The van der Waals surface area contributed by atoms with Gasteiger partial charge in [0.05, 0.1) is 10.0 Å². The fourth-order valence-electron chi connectivity index (χ4n) is 2.30. The summed E-state index contributed by atoms with van der Waals surface area (Å²) in [4.78, 5) is 6.68. The Morgan fingerprint density at radius 1 is 1.53 bits per heavy atom. The van der Waals surface area contributed by atoms with Crippen LogP contribution in [0.4, 0.5) is 5.82 Å². The lowest BCUT2D eigenvalue weighted by atomic mass is 10.2. The van der Waals surface area contributed by atoms with E-state index in [0.717, 1.165) is 18.9 Å². The van der Waals surface area contributed by atoms with Crippen molar-refractivity contribution in [2.75, 3.05) is 25.0 Å². The standard InChI is InChI=1S/C12H17Cl2N3/c1-2-17-5-3-4-10(17)8-16-12-11(14)6-9(13)7-15-12/h6-7,10H,2-5,8H2,1H3,(H,15,16). The number of aromatic nitrogens is 1. The van der Waals surface area contributed by atoms with Gasteiger partial charge in [-0.2, -0.15) is 0 Å². The van der Waals surface area contributed by atoms with Crippen molar-refractivity contribution in [3.8, 4) is 0 Å². The second-order valence-electron chi connectivity index (χ2n) is 4.29. The van der Waals surface area contributed by atoms with Gasteiger partial charge < -0.3 is 5.32 Å². The fourth-order valence-corrected chi connectivity index (χ4v) is 2.75. The molecular weight excluding hydrogens is 257 g/mol. The maximum Gasteiger partial charge on any atom is 0.144 e. The van der Waals surface area contributed by atoms with Crippen molar-refractivity contribution in [1.29, 1.82) is 0 Å². The van der Waals surface area contributed by atoms with E-state index in [0.29, 0.717) is 16.1 Å². The Morgan fingerprint density at radius 3 is 3.06 bits per heavy atom. The van der Waals surface area contributed by atoms with Crippen LogP contribution >= 0.6 is 23.2 Å². The van der Waals surface area contributed by atoms with Crippen LogP contribution in [-0.4, -0.2) is 35.6 Å². The number of rotatable bonds is 4. The fraction of sp³-hybridized carbons (Fsp3) is 0.583. The molecule has 0 aliphatic carbocycles. The van der Waals surface area contributed by atoms with Crippen LogP contribution in [0.3, 0.4) is 0 Å². The molecule has 1 fully saturated rings. The molecule has 1 aliphatic rings. The normalized spacial score (nSPS) is 20.8. The molecule has 1 aliphatic heterocycles. The molecule has 0 spiro atoms. The zero-order valence-electron chi connectivity index (χ0n) is 9.92. The summed E-state index contributed by atoms with van der Waals surface area (Å²) < 4.78 is 0. The highest BCUT2D eigenvalue weighted by Gasteiger charge is 2.22. The van der Waals surface area contributed by atoms with Gasteiger partial charge in [-0.1, -0.05) is 30.1 Å². The number of hydrogen-bond donors (Lipinski definition) is 1. The van der Waals surface area contributed by atoms with Gasteiger partial charge in [-0.15, -0.1) is 0 Å². The minimum absolute atomic E-state index is 0.566. The van der Waals surface area contributed by atoms with Crippen molar-refractivity contribution in [2.45, 2.75) is 25.8 Å². The average molecular weight is 274 g/mol. The van der Waals surface area contributed by atoms with Crippen LogP contribution in [0.5, 0.6) is 0 Å². The van der Waals surface area contributed by atoms with Crippen LogP contribution in [0, 0.1) is 0 Å². The van der Waals surface area contributed by atoms with Crippen LogP contribution in [-0.2, 0) is 0 Å². The topological polar surface area (TPSA) is 28.2 Å². The first-order valence-corrected chi connectivity index (χ1v) is 6.75. The number of pyridine rings is 1. The highest BCUT2D eigenvalue weighted by Crippen LogP contribution is 2.23. The maximum absolute atomic E-state index is 6.06. The molecule has 0 saturated carbocycles. The Hall–Kier alpha value is -0.510. The summed E-state index contributed by atoms with van der Waals surface area (Å²) in [6.07, 6.45) is 4.13. The van der Waals surface area contributed by atoms with Crippen LogP contribution < -0.4 is 5.32 Å². The molecule has 1 aromatic rings. The third-order valence-corrected chi connectivity index (χ3v) is 3.71. The third-order valence-electron chi connectivity index (χ3n) is 3.22. The van der Waals surface area contributed by atoms with E-state index in [1.807, 2.05) is 0 Å². The number of nitrogens with zero attached hydrogens (tertiary/aromatic N) is 2. The number of nitrogens with one attached hydrogen (secondary N) is 1. The summed E-state index contributed by atoms with van der Waals surface area (Å²) in [5.74, 6) is 0.721. The van der Waals surface area contributed by atoms with Crippen LogP contribution in [0.2, 0.25) is 10.0 Å². The van der Waals surface area contributed by atoms with Gasteiger partial charge in [-0.3, -0.25) is 4.90 Å². The highest BCUT2D eigenvalue weighted by molar-refractivity contribution is 6.35. The van der Waals surface area contributed by atoms with Crippen LogP contribution in [0.25, 0.3) is 0 Å². The summed E-state index contributed by atoms with van der Waals surface area (Å²) in [6, 6.07) is 2.30. The molecule has 1 atom stereocenters. The van der Waals surface area contributed by atoms with Gasteiger partial charge in [0.15, 0.2) is 0 Å². The predicted octanol–water partition coefficient (Wildman–Crippen LogP) is 3.28. The Balaban J connectivity index is 1.93. The molecule has 3 nitrogen and oxygen atoms in total. The van der Waals surface area contributed by atoms with Gasteiger partial charge in [-0.25, -0.2) is 4.98 Å². The Bertz CT molecular complexity index is 384. The van der Waals surface area contributed by atoms with E-state index in [2.05, 4.69) is 22.1 Å². The first-order chi connectivity index (χ1) is 8.20. The summed E-state index contributed by atoms with van der Waals surface area (Å²) in [5, 5.41) is 4.45. The quantitative estimate of drug-likeness (QED) is 0.913. The van der Waals surface area contributed by atoms with Gasteiger partial charge in [0, 0.05) is 18.8 Å². The summed E-state index contributed by atoms with van der Waals surface area (Å²) >= 11 is 11.9. The molecule has 0 radical (unpaired) electrons. The smallest absolute Gasteiger partial charge is 0.144 e. The van der Waals surface area contributed by atoms with E-state index in [-0.39, 0.29) is 0 Å². The lowest BCUT2D eigenvalue weighted by Gasteiger charge is -2.23. The summed E-state index contributed by atoms with van der Waals surface area (Å²) in [6.45, 7) is 5.40. The second kappa shape index (κ2) is 5.89. The number of halogens is 2. The predicted molar refractivity (Wildman–Crippen MR) is 73.0 cm³/mol. The lowest BCUT2D eigenvalue weighted by molar-refractivity contribution is 0.277. The van der Waals surface area contributed by atoms with E-state index in [1.165, 1.54) is 19.4 Å². The van der Waals surface area contributed by atoms with Crippen LogP contribution in [0.1, 0.15) is 19.8 Å². The molecule has 0 bridgehead atoms. The molecule has 2 heterocycles. The maximum atomic E-state index is 6.06. The van der Waals surface area contributed by atoms with Gasteiger partial charge in [0.25, 0.3) is 0 Å². The molecule has 17 heavy (non-hydrogen) atoms. The van der Waals surface area contributed by atoms with E-state index in [1.54, 1.807) is 12.3 Å². The van der Waals surface area contributed by atoms with Crippen molar-refractivity contribution in [2.24, 2.45) is 0 Å². The van der Waals surface area contributed by atoms with Crippen molar-refractivity contribution >= 4 is 29.0 Å². The molecule has 1 aromatic heterocycles. The zero-order valence-corrected chi connectivity index (χ0v) is 11.4. The number of hydrogen-bond acceptors (Lipinski definition) is 3. The zero-order chi connectivity index (χ0) is 12.3.